The van der Waals surface area contributed by atoms with Gasteiger partial charge in [0, 0.05) is 58.3 Å². The van der Waals surface area contributed by atoms with E-state index in [0.717, 1.165) is 99.4 Å². The minimum Gasteiger partial charge on any atom is -0.444 e. The summed E-state index contributed by atoms with van der Waals surface area (Å²) in [7, 11) is 0. The lowest BCUT2D eigenvalue weighted by atomic mass is 10.00. The molecule has 6 heterocycles. The fourth-order valence-corrected chi connectivity index (χ4v) is 6.72. The van der Waals surface area contributed by atoms with Gasteiger partial charge in [0.2, 0.25) is 0 Å². The summed E-state index contributed by atoms with van der Waals surface area (Å²) in [5.41, 5.74) is 2.94. The lowest BCUT2D eigenvalue weighted by molar-refractivity contribution is -0.00658. The van der Waals surface area contributed by atoms with Crippen LogP contribution in [0.25, 0.3) is 17.0 Å². The zero-order valence-electron chi connectivity index (χ0n) is 26.3. The predicted molar refractivity (Wildman–Crippen MR) is 172 cm³/mol. The molecule has 11 heteroatoms. The van der Waals surface area contributed by atoms with Gasteiger partial charge in [-0.05, 0) is 75.6 Å². The average molecular weight is 613 g/mol. The van der Waals surface area contributed by atoms with E-state index in [2.05, 4.69) is 25.8 Å². The van der Waals surface area contributed by atoms with Gasteiger partial charge in [0.25, 0.3) is 0 Å². The van der Waals surface area contributed by atoms with Gasteiger partial charge >= 0.3 is 6.09 Å². The molecule has 0 aliphatic carbocycles. The van der Waals surface area contributed by atoms with Crippen molar-refractivity contribution < 1.29 is 13.9 Å². The van der Waals surface area contributed by atoms with Crippen molar-refractivity contribution in [3.8, 4) is 11.4 Å². The van der Waals surface area contributed by atoms with E-state index in [4.69, 9.17) is 14.8 Å². The molecular weight excluding hydrogens is 571 g/mol. The number of piperazine rings is 1. The van der Waals surface area contributed by atoms with Crippen LogP contribution in [0.5, 0.6) is 0 Å². The normalized spacial score (nSPS) is 19.7. The van der Waals surface area contributed by atoms with Crippen LogP contribution in [-0.4, -0.2) is 93.4 Å². The summed E-state index contributed by atoms with van der Waals surface area (Å²) in [4.78, 5) is 30.8. The zero-order chi connectivity index (χ0) is 31.1. The molecule has 0 spiro atoms. The molecule has 45 heavy (non-hydrogen) atoms. The zero-order valence-corrected chi connectivity index (χ0v) is 26.3. The Morgan fingerprint density at radius 2 is 1.78 bits per heavy atom. The third-order valence-corrected chi connectivity index (χ3v) is 8.95. The summed E-state index contributed by atoms with van der Waals surface area (Å²) in [5.74, 6) is 2.07. The smallest absolute Gasteiger partial charge is 0.410 e. The monoisotopic (exact) mass is 612 g/mol. The number of hydrogen-bond donors (Lipinski definition) is 0. The van der Waals surface area contributed by atoms with Crippen molar-refractivity contribution in [1.82, 2.24) is 29.4 Å². The molecule has 0 saturated carbocycles. The number of anilines is 2. The molecule has 7 rings (SSSR count). The van der Waals surface area contributed by atoms with Crippen molar-refractivity contribution in [3.63, 3.8) is 0 Å². The SMILES string of the molecule is CC(C)(C)OC(=O)N1CC(CN2CCN(c3cccc(-c4cnc5ccc(N6CCC[C@@H]6c6cccc(F)c6)nn45)n3)CC2)C1. The highest BCUT2D eigenvalue weighted by Gasteiger charge is 2.35. The van der Waals surface area contributed by atoms with E-state index in [9.17, 15) is 9.18 Å². The van der Waals surface area contributed by atoms with Crippen LogP contribution in [0.15, 0.2) is 60.8 Å². The number of hydrogen-bond acceptors (Lipinski definition) is 8. The number of benzene rings is 1. The standard InChI is InChI=1S/C34H41FN8O2/c1-34(2,3)45-33(44)41-22-24(23-41)21-39-15-17-40(18-16-39)31-11-5-9-27(37-31)29-20-36-30-12-13-32(38-43(29)30)42-14-6-10-28(42)25-7-4-8-26(35)19-25/h4-5,7-9,11-13,19-20,24,28H,6,10,14-18,21-23H2,1-3H3/t28-/m1/s1. The number of aromatic nitrogens is 4. The first kappa shape index (κ1) is 29.5. The second-order valence-electron chi connectivity index (χ2n) is 13.4. The molecular formula is C34H41FN8O2. The molecule has 1 atom stereocenters. The van der Waals surface area contributed by atoms with E-state index in [0.29, 0.717) is 5.92 Å². The van der Waals surface area contributed by atoms with Crippen LogP contribution < -0.4 is 9.80 Å². The lowest BCUT2D eigenvalue weighted by Crippen LogP contribution is -2.57. The van der Waals surface area contributed by atoms with Gasteiger partial charge in [-0.2, -0.15) is 0 Å². The number of fused-ring (bicyclic) bond motifs is 1. The van der Waals surface area contributed by atoms with E-state index in [1.165, 1.54) is 6.07 Å². The minimum absolute atomic E-state index is 0.0888. The average Bonchev–Trinajstić information content (AvgIpc) is 3.66. The first-order valence-electron chi connectivity index (χ1n) is 16.0. The van der Waals surface area contributed by atoms with Gasteiger partial charge in [-0.15, -0.1) is 5.10 Å². The first-order chi connectivity index (χ1) is 21.7. The number of halogens is 1. The topological polar surface area (TPSA) is 82.3 Å². The summed E-state index contributed by atoms with van der Waals surface area (Å²) in [5, 5.41) is 5.01. The van der Waals surface area contributed by atoms with Gasteiger partial charge in [-0.1, -0.05) is 18.2 Å². The highest BCUT2D eigenvalue weighted by atomic mass is 19.1. The number of imidazole rings is 1. The fraction of sp³-hybridized carbons (Fsp3) is 0.471. The van der Waals surface area contributed by atoms with Gasteiger partial charge in [0.15, 0.2) is 5.65 Å². The highest BCUT2D eigenvalue weighted by molar-refractivity contribution is 5.69. The Morgan fingerprint density at radius 3 is 2.56 bits per heavy atom. The third kappa shape index (κ3) is 6.31. The molecule has 0 unspecified atom stereocenters. The van der Waals surface area contributed by atoms with Crippen LogP contribution in [0.2, 0.25) is 0 Å². The van der Waals surface area contributed by atoms with Crippen molar-refractivity contribution in [1.29, 1.82) is 0 Å². The maximum atomic E-state index is 14.0. The van der Waals surface area contributed by atoms with Crippen molar-refractivity contribution >= 4 is 23.4 Å². The van der Waals surface area contributed by atoms with Crippen LogP contribution >= 0.6 is 0 Å². The molecule has 3 fully saturated rings. The van der Waals surface area contributed by atoms with Crippen LogP contribution in [0, 0.1) is 11.7 Å². The molecule has 10 nitrogen and oxygen atoms in total. The molecule has 0 N–H and O–H groups in total. The molecule has 4 aromatic rings. The van der Waals surface area contributed by atoms with Crippen molar-refractivity contribution in [2.24, 2.45) is 5.92 Å². The van der Waals surface area contributed by atoms with E-state index in [-0.39, 0.29) is 18.0 Å². The number of amides is 1. The third-order valence-electron chi connectivity index (χ3n) is 8.95. The van der Waals surface area contributed by atoms with Crippen molar-refractivity contribution in [3.05, 3.63) is 72.2 Å². The fourth-order valence-electron chi connectivity index (χ4n) is 6.72. The molecule has 0 radical (unpaired) electrons. The Hall–Kier alpha value is -4.25. The van der Waals surface area contributed by atoms with Crippen molar-refractivity contribution in [2.45, 2.75) is 45.3 Å². The van der Waals surface area contributed by atoms with E-state index < -0.39 is 5.60 Å². The Bertz CT molecular complexity index is 1670. The van der Waals surface area contributed by atoms with Gasteiger partial charge in [-0.3, -0.25) is 4.90 Å². The number of ether oxygens (including phenoxy) is 1. The lowest BCUT2D eigenvalue weighted by Gasteiger charge is -2.43. The molecule has 3 aliphatic rings. The number of carbonyl (C=O) groups excluding carboxylic acids is 1. The summed E-state index contributed by atoms with van der Waals surface area (Å²) < 4.78 is 21.4. The molecule has 236 valence electrons. The largest absolute Gasteiger partial charge is 0.444 e. The molecule has 1 aromatic carbocycles. The van der Waals surface area contributed by atoms with Crippen LogP contribution in [-0.2, 0) is 4.74 Å². The van der Waals surface area contributed by atoms with E-state index >= 15 is 0 Å². The minimum atomic E-state index is -0.461. The van der Waals surface area contributed by atoms with Gasteiger partial charge in [0.1, 0.15) is 28.7 Å². The summed E-state index contributed by atoms with van der Waals surface area (Å²) >= 11 is 0. The Labute approximate surface area is 263 Å². The summed E-state index contributed by atoms with van der Waals surface area (Å²) in [6, 6.07) is 17.1. The maximum absolute atomic E-state index is 14.0. The number of pyridine rings is 1. The number of rotatable bonds is 6. The Balaban J connectivity index is 1.00. The Morgan fingerprint density at radius 1 is 0.978 bits per heavy atom. The van der Waals surface area contributed by atoms with Gasteiger partial charge < -0.3 is 19.4 Å². The molecule has 3 saturated heterocycles. The van der Waals surface area contributed by atoms with Crippen LogP contribution in [0.3, 0.4) is 0 Å². The molecule has 3 aliphatic heterocycles. The predicted octanol–water partition coefficient (Wildman–Crippen LogP) is 5.26. The Kier molecular flexibility index (Phi) is 7.81. The van der Waals surface area contributed by atoms with Gasteiger partial charge in [-0.25, -0.2) is 23.7 Å². The van der Waals surface area contributed by atoms with Crippen molar-refractivity contribution in [2.75, 3.05) is 62.2 Å². The maximum Gasteiger partial charge on any atom is 0.410 e. The second kappa shape index (κ2) is 11.9. The van der Waals surface area contributed by atoms with Gasteiger partial charge in [0.05, 0.1) is 17.9 Å². The number of nitrogens with zero attached hydrogens (tertiary/aromatic N) is 8. The highest BCUT2D eigenvalue weighted by Crippen LogP contribution is 2.36. The quantitative estimate of drug-likeness (QED) is 0.292. The summed E-state index contributed by atoms with van der Waals surface area (Å²) in [6.07, 6.45) is 3.61. The first-order valence-corrected chi connectivity index (χ1v) is 16.0. The number of carbonyl (C=O) groups is 1. The molecule has 1 amide bonds. The van der Waals surface area contributed by atoms with Crippen LogP contribution in [0.4, 0.5) is 20.8 Å². The van der Waals surface area contributed by atoms with E-state index in [1.54, 1.807) is 17.0 Å². The van der Waals surface area contributed by atoms with Crippen LogP contribution in [0.1, 0.15) is 45.2 Å². The molecule has 3 aromatic heterocycles. The molecule has 0 bridgehead atoms. The second-order valence-corrected chi connectivity index (χ2v) is 13.4. The van der Waals surface area contributed by atoms with E-state index in [1.807, 2.05) is 61.8 Å². The number of likely N-dealkylation sites (tertiary alicyclic amines) is 1. The summed E-state index contributed by atoms with van der Waals surface area (Å²) in [6.45, 7) is 12.8.